The van der Waals surface area contributed by atoms with Crippen molar-refractivity contribution in [3.8, 4) is 11.5 Å². The summed E-state index contributed by atoms with van der Waals surface area (Å²) in [7, 11) is -3.68. The summed E-state index contributed by atoms with van der Waals surface area (Å²) in [6.07, 6.45) is 0.209. The molecule has 1 unspecified atom stereocenters. The van der Waals surface area contributed by atoms with Crippen molar-refractivity contribution in [2.24, 2.45) is 0 Å². The van der Waals surface area contributed by atoms with Gasteiger partial charge < -0.3 is 13.9 Å². The first kappa shape index (κ1) is 18.5. The van der Waals surface area contributed by atoms with Crippen LogP contribution in [0.25, 0.3) is 0 Å². The summed E-state index contributed by atoms with van der Waals surface area (Å²) in [6, 6.07) is 9.47. The largest absolute Gasteiger partial charge is 0.492 e. The predicted octanol–water partition coefficient (Wildman–Crippen LogP) is 2.19. The van der Waals surface area contributed by atoms with Crippen LogP contribution in [0.2, 0.25) is 0 Å². The predicted molar refractivity (Wildman–Crippen MR) is 95.1 cm³/mol. The number of sulfonamides is 1. The lowest BCUT2D eigenvalue weighted by Gasteiger charge is -2.19. The van der Waals surface area contributed by atoms with Crippen LogP contribution in [0.3, 0.4) is 0 Å². The summed E-state index contributed by atoms with van der Waals surface area (Å²) in [5.74, 6) is 1.17. The molecule has 0 spiro atoms. The zero-order valence-electron chi connectivity index (χ0n) is 14.7. The van der Waals surface area contributed by atoms with Crippen molar-refractivity contribution in [2.75, 3.05) is 19.7 Å². The summed E-state index contributed by atoms with van der Waals surface area (Å²) >= 11 is 0. The van der Waals surface area contributed by atoms with Gasteiger partial charge in [-0.3, -0.25) is 0 Å². The molecule has 1 aromatic carbocycles. The summed E-state index contributed by atoms with van der Waals surface area (Å²) in [4.78, 5) is 11.6. The fourth-order valence-electron chi connectivity index (χ4n) is 2.93. The van der Waals surface area contributed by atoms with E-state index >= 15 is 0 Å². The Hall–Kier alpha value is -2.32. The van der Waals surface area contributed by atoms with E-state index in [1.807, 2.05) is 6.92 Å². The van der Waals surface area contributed by atoms with E-state index in [0.717, 1.165) is 0 Å². The second-order valence-electron chi connectivity index (χ2n) is 5.99. The molecule has 0 N–H and O–H groups in total. The molecule has 0 bridgehead atoms. The van der Waals surface area contributed by atoms with E-state index in [-0.39, 0.29) is 17.5 Å². The minimum atomic E-state index is -3.68. The molecule has 26 heavy (non-hydrogen) atoms. The number of benzene rings is 1. The smallest absolute Gasteiger partial charge is 0.339 e. The fraction of sp³-hybridized carbons (Fsp3) is 0.389. The SMILES string of the molecule is CCOc1ccccc1S(=O)(=O)N1CCC(Oc2cc(C)oc(=O)c2)C1. The zero-order valence-corrected chi connectivity index (χ0v) is 15.5. The first-order valence-corrected chi connectivity index (χ1v) is 9.84. The number of hydrogen-bond acceptors (Lipinski definition) is 6. The normalized spacial score (nSPS) is 18.0. The standard InChI is InChI=1S/C18H21NO6S/c1-3-23-16-6-4-5-7-17(16)26(21,22)19-9-8-14(12-19)25-15-10-13(2)24-18(20)11-15/h4-7,10-11,14H,3,8-9,12H2,1-2H3. The molecule has 0 amide bonds. The Morgan fingerprint density at radius 2 is 2.04 bits per heavy atom. The average Bonchev–Trinajstić information content (AvgIpc) is 3.04. The van der Waals surface area contributed by atoms with Gasteiger partial charge in [0.05, 0.1) is 19.2 Å². The molecule has 2 aromatic rings. The van der Waals surface area contributed by atoms with Gasteiger partial charge in [-0.15, -0.1) is 0 Å². The van der Waals surface area contributed by atoms with E-state index in [9.17, 15) is 13.2 Å². The van der Waals surface area contributed by atoms with Gasteiger partial charge in [0.1, 0.15) is 28.3 Å². The highest BCUT2D eigenvalue weighted by Gasteiger charge is 2.35. The molecule has 140 valence electrons. The Kier molecular flexibility index (Phi) is 5.33. The number of hydrogen-bond donors (Lipinski definition) is 0. The van der Waals surface area contributed by atoms with E-state index in [0.29, 0.717) is 36.8 Å². The van der Waals surface area contributed by atoms with Crippen molar-refractivity contribution in [3.05, 3.63) is 52.6 Å². The molecule has 1 aliphatic heterocycles. The van der Waals surface area contributed by atoms with Crippen molar-refractivity contribution < 1.29 is 22.3 Å². The van der Waals surface area contributed by atoms with E-state index in [4.69, 9.17) is 13.9 Å². The lowest BCUT2D eigenvalue weighted by molar-refractivity contribution is 0.212. The van der Waals surface area contributed by atoms with Gasteiger partial charge in [0.2, 0.25) is 10.0 Å². The maximum absolute atomic E-state index is 13.0. The monoisotopic (exact) mass is 379 g/mol. The minimum Gasteiger partial charge on any atom is -0.492 e. The van der Waals surface area contributed by atoms with E-state index in [1.165, 1.54) is 10.4 Å². The van der Waals surface area contributed by atoms with Crippen molar-refractivity contribution >= 4 is 10.0 Å². The van der Waals surface area contributed by atoms with Gasteiger partial charge in [-0.1, -0.05) is 12.1 Å². The topological polar surface area (TPSA) is 86.1 Å². The molecule has 1 fully saturated rings. The summed E-state index contributed by atoms with van der Waals surface area (Å²) < 4.78 is 43.4. The number of ether oxygens (including phenoxy) is 2. The molecule has 8 heteroatoms. The van der Waals surface area contributed by atoms with Crippen LogP contribution in [-0.4, -0.2) is 38.5 Å². The first-order chi connectivity index (χ1) is 12.4. The van der Waals surface area contributed by atoms with Crippen molar-refractivity contribution in [2.45, 2.75) is 31.3 Å². The molecule has 1 aliphatic rings. The maximum Gasteiger partial charge on any atom is 0.339 e. The molecule has 1 atom stereocenters. The maximum atomic E-state index is 13.0. The van der Waals surface area contributed by atoms with Gasteiger partial charge in [-0.25, -0.2) is 13.2 Å². The Morgan fingerprint density at radius 3 is 2.77 bits per heavy atom. The number of rotatable bonds is 6. The number of aryl methyl sites for hydroxylation is 1. The third kappa shape index (κ3) is 3.91. The van der Waals surface area contributed by atoms with Gasteiger partial charge in [-0.05, 0) is 32.4 Å². The number of para-hydroxylation sites is 1. The van der Waals surface area contributed by atoms with Crippen LogP contribution in [-0.2, 0) is 10.0 Å². The Balaban J connectivity index is 1.76. The Labute approximate surface area is 152 Å². The molecule has 7 nitrogen and oxygen atoms in total. The van der Waals surface area contributed by atoms with Gasteiger partial charge in [-0.2, -0.15) is 4.31 Å². The molecule has 3 rings (SSSR count). The average molecular weight is 379 g/mol. The van der Waals surface area contributed by atoms with Crippen LogP contribution in [0.4, 0.5) is 0 Å². The van der Waals surface area contributed by atoms with Gasteiger partial charge in [0.25, 0.3) is 0 Å². The first-order valence-electron chi connectivity index (χ1n) is 8.40. The third-order valence-electron chi connectivity index (χ3n) is 4.04. The van der Waals surface area contributed by atoms with Gasteiger partial charge in [0, 0.05) is 12.6 Å². The van der Waals surface area contributed by atoms with E-state index < -0.39 is 15.6 Å². The lowest BCUT2D eigenvalue weighted by atomic mass is 10.3. The van der Waals surface area contributed by atoms with Crippen LogP contribution >= 0.6 is 0 Å². The Bertz CT molecular complexity index is 937. The zero-order chi connectivity index (χ0) is 18.7. The quantitative estimate of drug-likeness (QED) is 0.765. The van der Waals surface area contributed by atoms with Gasteiger partial charge >= 0.3 is 5.63 Å². The van der Waals surface area contributed by atoms with E-state index in [1.54, 1.807) is 37.3 Å². The van der Waals surface area contributed by atoms with Crippen molar-refractivity contribution in [1.82, 2.24) is 4.31 Å². The van der Waals surface area contributed by atoms with Crippen LogP contribution in [0, 0.1) is 6.92 Å². The highest BCUT2D eigenvalue weighted by atomic mass is 32.2. The highest BCUT2D eigenvalue weighted by Crippen LogP contribution is 2.29. The van der Waals surface area contributed by atoms with Crippen molar-refractivity contribution in [3.63, 3.8) is 0 Å². The Morgan fingerprint density at radius 1 is 1.27 bits per heavy atom. The molecule has 1 saturated heterocycles. The van der Waals surface area contributed by atoms with Crippen LogP contribution in [0.5, 0.6) is 11.5 Å². The molecule has 2 heterocycles. The molecule has 0 saturated carbocycles. The minimum absolute atomic E-state index is 0.152. The fourth-order valence-corrected chi connectivity index (χ4v) is 4.54. The highest BCUT2D eigenvalue weighted by molar-refractivity contribution is 7.89. The van der Waals surface area contributed by atoms with E-state index in [2.05, 4.69) is 0 Å². The molecular weight excluding hydrogens is 358 g/mol. The molecular formula is C18H21NO6S. The third-order valence-corrected chi connectivity index (χ3v) is 5.95. The summed E-state index contributed by atoms with van der Waals surface area (Å²) in [6.45, 7) is 4.40. The van der Waals surface area contributed by atoms with Crippen LogP contribution in [0.1, 0.15) is 19.1 Å². The summed E-state index contributed by atoms with van der Waals surface area (Å²) in [5, 5.41) is 0. The molecule has 0 aliphatic carbocycles. The molecule has 1 aromatic heterocycles. The second-order valence-corrected chi connectivity index (χ2v) is 7.90. The van der Waals surface area contributed by atoms with Gasteiger partial charge in [0.15, 0.2) is 0 Å². The number of nitrogens with zero attached hydrogens (tertiary/aromatic N) is 1. The van der Waals surface area contributed by atoms with Crippen LogP contribution in [0.15, 0.2) is 50.5 Å². The van der Waals surface area contributed by atoms with Crippen molar-refractivity contribution in [1.29, 1.82) is 0 Å². The second kappa shape index (κ2) is 7.51. The lowest BCUT2D eigenvalue weighted by Crippen LogP contribution is -2.31. The molecule has 0 radical (unpaired) electrons. The summed E-state index contributed by atoms with van der Waals surface area (Å²) in [5.41, 5.74) is -0.492. The van der Waals surface area contributed by atoms with Crippen LogP contribution < -0.4 is 15.1 Å².